The molecule has 0 radical (unpaired) electrons. The third kappa shape index (κ3) is 2.24. The van der Waals surface area contributed by atoms with Gasteiger partial charge in [0.2, 0.25) is 11.8 Å². The van der Waals surface area contributed by atoms with Gasteiger partial charge in [0.1, 0.15) is 5.78 Å². The number of non-ortho nitro benzene ring substituents is 1. The summed E-state index contributed by atoms with van der Waals surface area (Å²) in [6.07, 6.45) is 0. The Balaban J connectivity index is 1.65. The van der Waals surface area contributed by atoms with Crippen LogP contribution in [-0.4, -0.2) is 22.5 Å². The SMILES string of the molecule is CC(=O)C12c3ccccc3C(c3ccccc31)[C@@H]1C(=O)N(c3cc([N+](=O)[O-])ccc3C)C(=O)[C@@H]12. The van der Waals surface area contributed by atoms with Crippen LogP contribution < -0.4 is 4.90 Å². The first-order chi connectivity index (χ1) is 16.3. The van der Waals surface area contributed by atoms with E-state index >= 15 is 0 Å². The number of carbonyl (C=O) groups is 3. The molecule has 1 fully saturated rings. The van der Waals surface area contributed by atoms with Crippen LogP contribution in [0.5, 0.6) is 0 Å². The van der Waals surface area contributed by atoms with E-state index in [2.05, 4.69) is 0 Å². The number of ketones is 1. The Morgan fingerprint density at radius 3 is 2.09 bits per heavy atom. The fourth-order valence-electron chi connectivity index (χ4n) is 6.56. The van der Waals surface area contributed by atoms with E-state index in [4.69, 9.17) is 0 Å². The molecular formula is C27H20N2O5. The largest absolute Gasteiger partial charge is 0.299 e. The second kappa shape index (κ2) is 6.70. The molecule has 4 aliphatic rings. The molecule has 0 N–H and O–H groups in total. The van der Waals surface area contributed by atoms with E-state index in [9.17, 15) is 24.5 Å². The van der Waals surface area contributed by atoms with Crippen LogP contribution >= 0.6 is 0 Å². The molecule has 2 amide bonds. The summed E-state index contributed by atoms with van der Waals surface area (Å²) in [6.45, 7) is 3.19. The number of nitro benzene ring substituents is 1. The number of aryl methyl sites for hydroxylation is 1. The van der Waals surface area contributed by atoms with Crippen molar-refractivity contribution in [2.24, 2.45) is 11.8 Å². The van der Waals surface area contributed by atoms with Gasteiger partial charge in [-0.05, 0) is 41.7 Å². The highest BCUT2D eigenvalue weighted by Crippen LogP contribution is 2.64. The Bertz CT molecular complexity index is 1410. The molecule has 2 atom stereocenters. The molecule has 3 aliphatic carbocycles. The van der Waals surface area contributed by atoms with Crippen LogP contribution in [-0.2, 0) is 19.8 Å². The predicted octanol–water partition coefficient (Wildman–Crippen LogP) is 4.04. The fraction of sp³-hybridized carbons (Fsp3) is 0.222. The Kier molecular flexibility index (Phi) is 4.03. The summed E-state index contributed by atoms with van der Waals surface area (Å²) in [5, 5.41) is 11.4. The number of nitro groups is 1. The number of hydrogen-bond donors (Lipinski definition) is 0. The van der Waals surface area contributed by atoms with E-state index in [0.717, 1.165) is 27.2 Å². The van der Waals surface area contributed by atoms with Crippen molar-refractivity contribution in [3.8, 4) is 0 Å². The van der Waals surface area contributed by atoms with E-state index in [1.54, 1.807) is 6.92 Å². The molecule has 34 heavy (non-hydrogen) atoms. The number of Topliss-reactive ketones (excluding diaryl/α,β-unsaturated/α-hetero) is 1. The number of hydrogen-bond acceptors (Lipinski definition) is 5. The summed E-state index contributed by atoms with van der Waals surface area (Å²) in [6, 6.07) is 19.3. The van der Waals surface area contributed by atoms with Gasteiger partial charge < -0.3 is 0 Å². The molecule has 1 aliphatic heterocycles. The number of carbonyl (C=O) groups excluding carboxylic acids is 3. The summed E-state index contributed by atoms with van der Waals surface area (Å²) in [7, 11) is 0. The molecule has 7 nitrogen and oxygen atoms in total. The predicted molar refractivity (Wildman–Crippen MR) is 123 cm³/mol. The van der Waals surface area contributed by atoms with Crippen LogP contribution in [0.25, 0.3) is 0 Å². The number of imide groups is 1. The number of rotatable bonds is 3. The van der Waals surface area contributed by atoms with Crippen molar-refractivity contribution in [3.63, 3.8) is 0 Å². The van der Waals surface area contributed by atoms with Gasteiger partial charge in [0.25, 0.3) is 5.69 Å². The third-order valence-electron chi connectivity index (χ3n) is 7.82. The molecule has 0 unspecified atom stereocenters. The highest BCUT2D eigenvalue weighted by Gasteiger charge is 2.70. The Labute approximate surface area is 195 Å². The zero-order valence-corrected chi connectivity index (χ0v) is 18.5. The number of amides is 2. The molecule has 168 valence electrons. The average molecular weight is 452 g/mol. The molecule has 0 aromatic heterocycles. The lowest BCUT2D eigenvalue weighted by Gasteiger charge is -2.52. The molecule has 7 heteroatoms. The van der Waals surface area contributed by atoms with Crippen molar-refractivity contribution < 1.29 is 19.3 Å². The second-order valence-corrected chi connectivity index (χ2v) is 9.26. The maximum Gasteiger partial charge on any atom is 0.271 e. The van der Waals surface area contributed by atoms with E-state index in [1.807, 2.05) is 48.5 Å². The molecule has 1 saturated heterocycles. The van der Waals surface area contributed by atoms with Gasteiger partial charge in [0.05, 0.1) is 27.9 Å². The summed E-state index contributed by atoms with van der Waals surface area (Å²) < 4.78 is 0. The Morgan fingerprint density at radius 2 is 1.53 bits per heavy atom. The molecule has 1 heterocycles. The minimum absolute atomic E-state index is 0.195. The minimum Gasteiger partial charge on any atom is -0.299 e. The van der Waals surface area contributed by atoms with Gasteiger partial charge >= 0.3 is 0 Å². The van der Waals surface area contributed by atoms with E-state index < -0.39 is 34.0 Å². The summed E-state index contributed by atoms with van der Waals surface area (Å²) >= 11 is 0. The van der Waals surface area contributed by atoms with Crippen molar-refractivity contribution in [1.82, 2.24) is 0 Å². The number of benzene rings is 3. The van der Waals surface area contributed by atoms with Gasteiger partial charge in [-0.25, -0.2) is 4.90 Å². The Hall–Kier alpha value is -4.13. The molecule has 0 spiro atoms. The zero-order chi connectivity index (χ0) is 23.9. The van der Waals surface area contributed by atoms with Gasteiger partial charge in [-0.1, -0.05) is 54.6 Å². The minimum atomic E-state index is -1.29. The summed E-state index contributed by atoms with van der Waals surface area (Å²) in [5.74, 6) is -3.15. The highest BCUT2D eigenvalue weighted by atomic mass is 16.6. The first kappa shape index (κ1) is 20.5. The lowest BCUT2D eigenvalue weighted by atomic mass is 9.46. The van der Waals surface area contributed by atoms with E-state index in [1.165, 1.54) is 25.1 Å². The van der Waals surface area contributed by atoms with Crippen LogP contribution in [0.4, 0.5) is 11.4 Å². The fourth-order valence-corrected chi connectivity index (χ4v) is 6.56. The lowest BCUT2D eigenvalue weighted by molar-refractivity contribution is -0.384. The molecule has 3 aromatic carbocycles. The van der Waals surface area contributed by atoms with Gasteiger partial charge in [0, 0.05) is 18.1 Å². The third-order valence-corrected chi connectivity index (χ3v) is 7.82. The zero-order valence-electron chi connectivity index (χ0n) is 18.5. The van der Waals surface area contributed by atoms with Gasteiger partial charge in [0.15, 0.2) is 0 Å². The summed E-state index contributed by atoms with van der Waals surface area (Å²) in [5.41, 5.74) is 2.59. The molecule has 0 saturated carbocycles. The normalized spacial score (nSPS) is 26.2. The smallest absolute Gasteiger partial charge is 0.271 e. The highest BCUT2D eigenvalue weighted by molar-refractivity contribution is 6.26. The van der Waals surface area contributed by atoms with Gasteiger partial charge in [-0.15, -0.1) is 0 Å². The van der Waals surface area contributed by atoms with Crippen molar-refractivity contribution >= 4 is 29.0 Å². The van der Waals surface area contributed by atoms with Gasteiger partial charge in [-0.3, -0.25) is 24.5 Å². The van der Waals surface area contributed by atoms with Crippen molar-refractivity contribution in [2.75, 3.05) is 4.90 Å². The standard InChI is InChI=1S/C27H20N2O5/c1-14-11-12-16(29(33)34)13-21(14)28-25(31)23-22-17-7-3-5-9-19(17)27(15(2)30,24(23)26(28)32)20-10-6-4-8-18(20)22/h3-13,22-24H,1-2H3/t22?,23-,24+,27?/m0/s1. The van der Waals surface area contributed by atoms with Crippen molar-refractivity contribution in [3.05, 3.63) is 105 Å². The van der Waals surface area contributed by atoms with Crippen molar-refractivity contribution in [1.29, 1.82) is 0 Å². The maximum absolute atomic E-state index is 14.1. The van der Waals surface area contributed by atoms with Crippen LogP contribution in [0, 0.1) is 28.9 Å². The van der Waals surface area contributed by atoms with Crippen LogP contribution in [0.1, 0.15) is 40.7 Å². The van der Waals surface area contributed by atoms with Crippen LogP contribution in [0.3, 0.4) is 0 Å². The van der Waals surface area contributed by atoms with Crippen LogP contribution in [0.2, 0.25) is 0 Å². The molecular weight excluding hydrogens is 432 g/mol. The molecule has 7 rings (SSSR count). The number of anilines is 1. The Morgan fingerprint density at radius 1 is 0.941 bits per heavy atom. The maximum atomic E-state index is 14.1. The first-order valence-electron chi connectivity index (χ1n) is 11.1. The molecule has 2 bridgehead atoms. The summed E-state index contributed by atoms with van der Waals surface area (Å²) in [4.78, 5) is 53.6. The van der Waals surface area contributed by atoms with Gasteiger partial charge in [-0.2, -0.15) is 0 Å². The van der Waals surface area contributed by atoms with Crippen molar-refractivity contribution in [2.45, 2.75) is 25.2 Å². The number of nitrogens with zero attached hydrogens (tertiary/aromatic N) is 2. The monoisotopic (exact) mass is 452 g/mol. The van der Waals surface area contributed by atoms with E-state index in [0.29, 0.717) is 5.56 Å². The van der Waals surface area contributed by atoms with Crippen LogP contribution in [0.15, 0.2) is 66.7 Å². The first-order valence-corrected chi connectivity index (χ1v) is 11.1. The second-order valence-electron chi connectivity index (χ2n) is 9.26. The lowest BCUT2D eigenvalue weighted by Crippen LogP contribution is -2.57. The molecule has 3 aromatic rings. The quantitative estimate of drug-likeness (QED) is 0.339. The topological polar surface area (TPSA) is 97.6 Å². The average Bonchev–Trinajstić information content (AvgIpc) is 3.10. The van der Waals surface area contributed by atoms with E-state index in [-0.39, 0.29) is 23.1 Å².